The molecule has 286 valence electrons. The van der Waals surface area contributed by atoms with Crippen molar-refractivity contribution in [2.24, 2.45) is 17.8 Å². The van der Waals surface area contributed by atoms with Crippen molar-refractivity contribution in [3.63, 3.8) is 0 Å². The topological polar surface area (TPSA) is 6.48 Å². The highest BCUT2D eigenvalue weighted by Crippen LogP contribution is 2.60. The van der Waals surface area contributed by atoms with Crippen molar-refractivity contribution >= 4 is 57.2 Å². The lowest BCUT2D eigenvalue weighted by Gasteiger charge is -2.56. The summed E-state index contributed by atoms with van der Waals surface area (Å²) in [5, 5.41) is 0. The van der Waals surface area contributed by atoms with E-state index in [2.05, 4.69) is 162 Å². The van der Waals surface area contributed by atoms with Crippen LogP contribution in [0.2, 0.25) is 0 Å². The van der Waals surface area contributed by atoms with Crippen LogP contribution in [0.15, 0.2) is 97.1 Å². The van der Waals surface area contributed by atoms with Gasteiger partial charge in [-0.2, -0.15) is 0 Å². The van der Waals surface area contributed by atoms with Crippen molar-refractivity contribution in [1.82, 2.24) is 0 Å². The van der Waals surface area contributed by atoms with Gasteiger partial charge in [-0.15, -0.1) is 0 Å². The van der Waals surface area contributed by atoms with Gasteiger partial charge in [-0.05, 0) is 178 Å². The number of hydrogen-bond acceptors (Lipinski definition) is 2. The maximum Gasteiger partial charge on any atom is 0.252 e. The van der Waals surface area contributed by atoms with Crippen LogP contribution in [0.25, 0.3) is 0 Å². The van der Waals surface area contributed by atoms with Gasteiger partial charge in [-0.3, -0.25) is 0 Å². The Hall–Kier alpha value is -4.24. The zero-order valence-corrected chi connectivity index (χ0v) is 35.2. The second kappa shape index (κ2) is 13.4. The highest BCUT2D eigenvalue weighted by atomic mass is 15.2. The van der Waals surface area contributed by atoms with E-state index in [1.807, 2.05) is 0 Å². The fraction of sp³-hybridized carbons (Fsp3) is 0.434. The fourth-order valence-electron chi connectivity index (χ4n) is 12.1. The molecule has 3 fully saturated rings. The van der Waals surface area contributed by atoms with E-state index in [1.165, 1.54) is 118 Å². The Balaban J connectivity index is 1.31. The number of fused-ring (bicyclic) bond motifs is 6. The normalized spacial score (nSPS) is 23.3. The predicted octanol–water partition coefficient (Wildman–Crippen LogP) is 13.1. The highest BCUT2D eigenvalue weighted by Gasteiger charge is 2.51. The van der Waals surface area contributed by atoms with Gasteiger partial charge in [0.2, 0.25) is 0 Å². The fourth-order valence-corrected chi connectivity index (χ4v) is 12.1. The van der Waals surface area contributed by atoms with Gasteiger partial charge in [0.05, 0.1) is 0 Å². The Bertz CT molecular complexity index is 2190. The highest BCUT2D eigenvalue weighted by molar-refractivity contribution is 7.00. The Morgan fingerprint density at radius 3 is 1.55 bits per heavy atom. The first kappa shape index (κ1) is 36.1. The minimum atomic E-state index is 0.148. The van der Waals surface area contributed by atoms with Crippen LogP contribution in [-0.4, -0.2) is 6.71 Å². The van der Waals surface area contributed by atoms with Gasteiger partial charge in [0.1, 0.15) is 0 Å². The van der Waals surface area contributed by atoms with E-state index in [0.29, 0.717) is 23.7 Å². The molecule has 0 amide bonds. The van der Waals surface area contributed by atoms with Crippen molar-refractivity contribution in [3.8, 4) is 0 Å². The van der Waals surface area contributed by atoms with E-state index < -0.39 is 0 Å². The maximum absolute atomic E-state index is 2.73. The van der Waals surface area contributed by atoms with Crippen molar-refractivity contribution in [2.75, 3.05) is 9.80 Å². The second-order valence-corrected chi connectivity index (χ2v) is 19.9. The van der Waals surface area contributed by atoms with Crippen molar-refractivity contribution in [2.45, 2.75) is 129 Å². The molecule has 4 atom stereocenters. The van der Waals surface area contributed by atoms with E-state index >= 15 is 0 Å². The van der Waals surface area contributed by atoms with Crippen LogP contribution >= 0.6 is 0 Å². The largest absolute Gasteiger partial charge is 0.311 e. The van der Waals surface area contributed by atoms with Crippen molar-refractivity contribution in [3.05, 3.63) is 125 Å². The van der Waals surface area contributed by atoms with Crippen molar-refractivity contribution < 1.29 is 0 Å². The number of rotatable bonds is 7. The monoisotopic (exact) mass is 736 g/mol. The molecule has 3 heteroatoms. The lowest BCUT2D eigenvalue weighted by molar-refractivity contribution is 0.00967. The first-order valence-electron chi connectivity index (χ1n) is 22.3. The first-order chi connectivity index (χ1) is 27.0. The van der Waals surface area contributed by atoms with Gasteiger partial charge in [0.25, 0.3) is 6.71 Å². The molecule has 3 saturated carbocycles. The molecule has 4 unspecified atom stereocenters. The minimum Gasteiger partial charge on any atom is -0.311 e. The SMILES string of the molecule is CC(C)c1cccc(N2c3cc(C(C)C)ccc3B3c4ccc(C(C)C)cc4N(c4cccc(C(C)C)c4)c4cc(C56CCC7CCC(CC7C5)C6)cc2c43)c1. The summed E-state index contributed by atoms with van der Waals surface area (Å²) in [6.07, 6.45) is 9.81. The summed E-state index contributed by atoms with van der Waals surface area (Å²) >= 11 is 0. The van der Waals surface area contributed by atoms with Crippen LogP contribution in [0.3, 0.4) is 0 Å². The Morgan fingerprint density at radius 1 is 0.518 bits per heavy atom. The summed E-state index contributed by atoms with van der Waals surface area (Å²) in [5.41, 5.74) is 19.8. The molecule has 2 nitrogen and oxygen atoms in total. The zero-order valence-electron chi connectivity index (χ0n) is 35.2. The number of nitrogens with zero attached hydrogens (tertiary/aromatic N) is 2. The number of hydrogen-bond donors (Lipinski definition) is 0. The lowest BCUT2D eigenvalue weighted by Crippen LogP contribution is -2.61. The second-order valence-electron chi connectivity index (χ2n) is 19.9. The molecule has 3 bridgehead atoms. The number of anilines is 6. The van der Waals surface area contributed by atoms with Crippen molar-refractivity contribution in [1.29, 1.82) is 0 Å². The molecule has 56 heavy (non-hydrogen) atoms. The van der Waals surface area contributed by atoms with Gasteiger partial charge >= 0.3 is 0 Å². The lowest BCUT2D eigenvalue weighted by atomic mass is 9.33. The predicted molar refractivity (Wildman–Crippen MR) is 241 cm³/mol. The average Bonchev–Trinajstić information content (AvgIpc) is 3.19. The van der Waals surface area contributed by atoms with E-state index in [0.717, 1.165) is 17.8 Å². The Labute approximate surface area is 337 Å². The molecule has 5 aromatic rings. The molecule has 0 N–H and O–H groups in total. The summed E-state index contributed by atoms with van der Waals surface area (Å²) < 4.78 is 0. The smallest absolute Gasteiger partial charge is 0.252 e. The van der Waals surface area contributed by atoms with Crippen LogP contribution in [0, 0.1) is 17.8 Å². The van der Waals surface area contributed by atoms with E-state index in [-0.39, 0.29) is 12.1 Å². The maximum atomic E-state index is 2.73. The summed E-state index contributed by atoms with van der Waals surface area (Å²) in [4.78, 5) is 5.40. The molecule has 5 aromatic carbocycles. The molecular weight excluding hydrogens is 675 g/mol. The standard InChI is InChI=1S/C53H61BN2/c1-32(2)38-11-9-13-44(24-38)55-48-26-40(34(5)6)17-19-46(48)54-47-20-18-41(35(7)8)27-49(47)56(45-14-10-12-39(25-45)33(3)4)51-29-43(28-50(55)52(51)54)53-22-21-37-16-15-36(30-53)23-42(37)31-53/h9-14,17-20,24-29,32-37,42H,15-16,21-23,30-31H2,1-8H3. The van der Waals surface area contributed by atoms with E-state index in [1.54, 1.807) is 5.56 Å². The third-order valence-corrected chi connectivity index (χ3v) is 15.2. The Kier molecular flexibility index (Phi) is 8.66. The van der Waals surface area contributed by atoms with E-state index in [4.69, 9.17) is 0 Å². The van der Waals surface area contributed by atoms with E-state index in [9.17, 15) is 0 Å². The quantitative estimate of drug-likeness (QED) is 0.150. The summed E-state index contributed by atoms with van der Waals surface area (Å²) in [6, 6.07) is 39.4. The molecule has 2 aliphatic heterocycles. The first-order valence-corrected chi connectivity index (χ1v) is 22.3. The average molecular weight is 737 g/mol. The van der Waals surface area contributed by atoms with Crippen LogP contribution in [0.4, 0.5) is 34.1 Å². The summed E-state index contributed by atoms with van der Waals surface area (Å²) in [5.74, 6) is 4.49. The van der Waals surface area contributed by atoms with Crippen LogP contribution in [-0.2, 0) is 5.41 Å². The number of benzene rings is 5. The van der Waals surface area contributed by atoms with Gasteiger partial charge in [-0.1, -0.05) is 110 Å². The van der Waals surface area contributed by atoms with Gasteiger partial charge in [0, 0.05) is 34.1 Å². The zero-order chi connectivity index (χ0) is 38.6. The molecule has 0 spiro atoms. The third-order valence-electron chi connectivity index (χ3n) is 15.2. The molecule has 0 aromatic heterocycles. The third kappa shape index (κ3) is 5.65. The van der Waals surface area contributed by atoms with Crippen LogP contribution in [0.1, 0.15) is 152 Å². The molecular formula is C53H61BN2. The Morgan fingerprint density at radius 2 is 1.04 bits per heavy atom. The molecule has 2 heterocycles. The molecule has 5 aliphatic rings. The van der Waals surface area contributed by atoms with Gasteiger partial charge in [0.15, 0.2) is 0 Å². The molecule has 0 radical (unpaired) electrons. The van der Waals surface area contributed by atoms with Crippen LogP contribution in [0.5, 0.6) is 0 Å². The summed E-state index contributed by atoms with van der Waals surface area (Å²) in [7, 11) is 0. The van der Waals surface area contributed by atoms with Crippen LogP contribution < -0.4 is 26.2 Å². The van der Waals surface area contributed by atoms with Gasteiger partial charge < -0.3 is 9.80 Å². The molecule has 10 rings (SSSR count). The minimum absolute atomic E-state index is 0.148. The molecule has 3 aliphatic carbocycles. The summed E-state index contributed by atoms with van der Waals surface area (Å²) in [6.45, 7) is 18.9. The van der Waals surface area contributed by atoms with Gasteiger partial charge in [-0.25, -0.2) is 0 Å². The molecule has 0 saturated heterocycles.